The second kappa shape index (κ2) is 8.59. The summed E-state index contributed by atoms with van der Waals surface area (Å²) in [6, 6.07) is 4.22. The van der Waals surface area contributed by atoms with Crippen LogP contribution in [0, 0.1) is 27.7 Å². The minimum absolute atomic E-state index is 0. The van der Waals surface area contributed by atoms with Gasteiger partial charge in [0, 0.05) is 10.7 Å². The van der Waals surface area contributed by atoms with Crippen molar-refractivity contribution in [2.45, 2.75) is 47.1 Å². The molecule has 1 atom stereocenters. The Morgan fingerprint density at radius 3 is 2.30 bits per heavy atom. The SMILES string of the molecule is CCC(CO)Nc1nc(C)nc2c1c(C)cn2-c1c(C)cc(Br)cc1C.Cl. The largest absolute Gasteiger partial charge is 0.394 e. The van der Waals surface area contributed by atoms with Crippen molar-refractivity contribution in [1.29, 1.82) is 0 Å². The normalized spacial score (nSPS) is 12.1. The Hall–Kier alpha value is -1.63. The molecule has 1 unspecified atom stereocenters. The van der Waals surface area contributed by atoms with Gasteiger partial charge in [0.05, 0.1) is 23.7 Å². The Morgan fingerprint density at radius 2 is 1.74 bits per heavy atom. The molecule has 7 heteroatoms. The van der Waals surface area contributed by atoms with Gasteiger partial charge in [-0.3, -0.25) is 0 Å². The van der Waals surface area contributed by atoms with Gasteiger partial charge in [-0.05, 0) is 62.9 Å². The lowest BCUT2D eigenvalue weighted by molar-refractivity contribution is 0.271. The molecule has 5 nitrogen and oxygen atoms in total. The van der Waals surface area contributed by atoms with Gasteiger partial charge in [-0.25, -0.2) is 9.97 Å². The van der Waals surface area contributed by atoms with Gasteiger partial charge in [-0.2, -0.15) is 0 Å². The van der Waals surface area contributed by atoms with Crippen molar-refractivity contribution in [3.05, 3.63) is 45.3 Å². The Bertz CT molecular complexity index is 943. The number of hydrogen-bond donors (Lipinski definition) is 2. The highest BCUT2D eigenvalue weighted by Gasteiger charge is 2.18. The molecule has 27 heavy (non-hydrogen) atoms. The molecule has 2 heterocycles. The number of aromatic nitrogens is 3. The highest BCUT2D eigenvalue weighted by atomic mass is 79.9. The lowest BCUT2D eigenvalue weighted by Crippen LogP contribution is -2.23. The molecule has 0 aliphatic carbocycles. The van der Waals surface area contributed by atoms with Crippen molar-refractivity contribution in [3.63, 3.8) is 0 Å². The summed E-state index contributed by atoms with van der Waals surface area (Å²) < 4.78 is 3.23. The molecule has 0 radical (unpaired) electrons. The molecule has 2 N–H and O–H groups in total. The Morgan fingerprint density at radius 1 is 1.11 bits per heavy atom. The van der Waals surface area contributed by atoms with Crippen LogP contribution in [0.4, 0.5) is 5.82 Å². The second-order valence-corrected chi connectivity index (χ2v) is 7.74. The first kappa shape index (κ1) is 21.7. The summed E-state index contributed by atoms with van der Waals surface area (Å²) >= 11 is 3.57. The van der Waals surface area contributed by atoms with Crippen LogP contribution in [0.1, 0.15) is 35.9 Å². The van der Waals surface area contributed by atoms with E-state index in [2.05, 4.69) is 69.9 Å². The van der Waals surface area contributed by atoms with Crippen LogP contribution in [0.5, 0.6) is 0 Å². The fraction of sp³-hybridized carbons (Fsp3) is 0.400. The lowest BCUT2D eigenvalue weighted by Gasteiger charge is -2.17. The smallest absolute Gasteiger partial charge is 0.150 e. The summed E-state index contributed by atoms with van der Waals surface area (Å²) in [6.07, 6.45) is 2.94. The number of nitrogens with one attached hydrogen (secondary N) is 1. The van der Waals surface area contributed by atoms with Gasteiger partial charge in [0.15, 0.2) is 5.65 Å². The summed E-state index contributed by atoms with van der Waals surface area (Å²) in [7, 11) is 0. The standard InChI is InChI=1S/C20H25BrN4O.ClH/c1-6-16(10-26)24-19-17-13(4)9-25(20(17)23-14(5)22-19)18-11(2)7-15(21)8-12(18)3;/h7-9,16,26H,6,10H2,1-5H3,(H,22,23,24);1H. The van der Waals surface area contributed by atoms with Gasteiger partial charge in [0.25, 0.3) is 0 Å². The van der Waals surface area contributed by atoms with Gasteiger partial charge in [0.1, 0.15) is 11.6 Å². The molecule has 0 spiro atoms. The zero-order valence-electron chi connectivity index (χ0n) is 16.3. The Balaban J connectivity index is 0.00000261. The Kier molecular flexibility index (Phi) is 6.89. The first-order chi connectivity index (χ1) is 12.3. The predicted octanol–water partition coefficient (Wildman–Crippen LogP) is 5.02. The van der Waals surface area contributed by atoms with Crippen molar-refractivity contribution in [3.8, 4) is 5.69 Å². The van der Waals surface area contributed by atoms with E-state index in [1.165, 1.54) is 11.1 Å². The molecule has 0 saturated heterocycles. The summed E-state index contributed by atoms with van der Waals surface area (Å²) in [5, 5.41) is 14.0. The summed E-state index contributed by atoms with van der Waals surface area (Å²) in [5.41, 5.74) is 5.50. The molecule has 3 aromatic rings. The van der Waals surface area contributed by atoms with Crippen LogP contribution in [0.15, 0.2) is 22.8 Å². The van der Waals surface area contributed by atoms with Crippen LogP contribution in [0.2, 0.25) is 0 Å². The van der Waals surface area contributed by atoms with Crippen molar-refractivity contribution in [1.82, 2.24) is 14.5 Å². The topological polar surface area (TPSA) is 63.0 Å². The Labute approximate surface area is 174 Å². The van der Waals surface area contributed by atoms with Crippen molar-refractivity contribution in [2.24, 2.45) is 0 Å². The van der Waals surface area contributed by atoms with Crippen molar-refractivity contribution >= 4 is 45.2 Å². The van der Waals surface area contributed by atoms with E-state index in [-0.39, 0.29) is 25.1 Å². The average Bonchev–Trinajstić information content (AvgIpc) is 2.88. The summed E-state index contributed by atoms with van der Waals surface area (Å²) in [5.74, 6) is 1.50. The first-order valence-corrected chi connectivity index (χ1v) is 9.65. The lowest BCUT2D eigenvalue weighted by atomic mass is 10.1. The zero-order chi connectivity index (χ0) is 19.0. The van der Waals surface area contributed by atoms with E-state index in [0.717, 1.165) is 39.0 Å². The number of rotatable bonds is 5. The van der Waals surface area contributed by atoms with Crippen LogP contribution in [-0.2, 0) is 0 Å². The number of aryl methyl sites for hydroxylation is 4. The molecule has 0 saturated carbocycles. The maximum Gasteiger partial charge on any atom is 0.150 e. The number of fused-ring (bicyclic) bond motifs is 1. The second-order valence-electron chi connectivity index (χ2n) is 6.82. The number of halogens is 2. The molecule has 0 amide bonds. The van der Waals surface area contributed by atoms with E-state index in [4.69, 9.17) is 4.98 Å². The third kappa shape index (κ3) is 4.13. The van der Waals surface area contributed by atoms with Gasteiger partial charge >= 0.3 is 0 Å². The molecular weight excluding hydrogens is 428 g/mol. The van der Waals surface area contributed by atoms with E-state index >= 15 is 0 Å². The van der Waals surface area contributed by atoms with Crippen LogP contribution in [-0.4, -0.2) is 32.3 Å². The summed E-state index contributed by atoms with van der Waals surface area (Å²) in [6.45, 7) is 10.3. The van der Waals surface area contributed by atoms with Crippen LogP contribution < -0.4 is 5.32 Å². The molecular formula is C20H26BrClN4O. The van der Waals surface area contributed by atoms with E-state index < -0.39 is 0 Å². The fourth-order valence-corrected chi connectivity index (χ4v) is 4.13. The van der Waals surface area contributed by atoms with E-state index in [9.17, 15) is 5.11 Å². The summed E-state index contributed by atoms with van der Waals surface area (Å²) in [4.78, 5) is 9.34. The number of hydrogen-bond acceptors (Lipinski definition) is 4. The number of benzene rings is 1. The molecule has 0 aliphatic heterocycles. The highest BCUT2D eigenvalue weighted by Crippen LogP contribution is 2.32. The molecule has 2 aromatic heterocycles. The fourth-order valence-electron chi connectivity index (χ4n) is 3.44. The number of anilines is 1. The first-order valence-electron chi connectivity index (χ1n) is 8.86. The van der Waals surface area contributed by atoms with Crippen LogP contribution >= 0.6 is 28.3 Å². The zero-order valence-corrected chi connectivity index (χ0v) is 18.7. The minimum Gasteiger partial charge on any atom is -0.394 e. The molecule has 146 valence electrons. The number of aliphatic hydroxyl groups excluding tert-OH is 1. The number of aliphatic hydroxyl groups is 1. The number of nitrogens with zero attached hydrogens (tertiary/aromatic N) is 3. The van der Waals surface area contributed by atoms with Gasteiger partial charge in [-0.15, -0.1) is 12.4 Å². The van der Waals surface area contributed by atoms with Gasteiger partial charge in [-0.1, -0.05) is 22.9 Å². The molecule has 0 bridgehead atoms. The van der Waals surface area contributed by atoms with Gasteiger partial charge < -0.3 is 15.0 Å². The van der Waals surface area contributed by atoms with E-state index in [0.29, 0.717) is 5.82 Å². The maximum atomic E-state index is 9.56. The quantitative estimate of drug-likeness (QED) is 0.569. The molecule has 3 rings (SSSR count). The van der Waals surface area contributed by atoms with E-state index in [1.54, 1.807) is 0 Å². The minimum atomic E-state index is -0.0218. The monoisotopic (exact) mass is 452 g/mol. The van der Waals surface area contributed by atoms with E-state index in [1.807, 2.05) is 13.8 Å². The van der Waals surface area contributed by atoms with Gasteiger partial charge in [0.2, 0.25) is 0 Å². The molecule has 0 fully saturated rings. The maximum absolute atomic E-state index is 9.56. The third-order valence-electron chi connectivity index (χ3n) is 4.70. The molecule has 0 aliphatic rings. The molecule has 1 aromatic carbocycles. The van der Waals surface area contributed by atoms with Crippen LogP contribution in [0.25, 0.3) is 16.7 Å². The highest BCUT2D eigenvalue weighted by molar-refractivity contribution is 9.10. The predicted molar refractivity (Wildman–Crippen MR) is 118 cm³/mol. The average molecular weight is 454 g/mol. The van der Waals surface area contributed by atoms with Crippen molar-refractivity contribution in [2.75, 3.05) is 11.9 Å². The van der Waals surface area contributed by atoms with Crippen LogP contribution in [0.3, 0.4) is 0 Å². The van der Waals surface area contributed by atoms with Crippen molar-refractivity contribution < 1.29 is 5.11 Å². The third-order valence-corrected chi connectivity index (χ3v) is 5.16.